The van der Waals surface area contributed by atoms with Gasteiger partial charge < -0.3 is 14.9 Å². The number of amides is 1. The Morgan fingerprint density at radius 1 is 1.00 bits per heavy atom. The molecule has 1 saturated carbocycles. The number of fused-ring (bicyclic) bond motifs is 1. The summed E-state index contributed by atoms with van der Waals surface area (Å²) in [5.41, 5.74) is -0.666. The van der Waals surface area contributed by atoms with E-state index in [4.69, 9.17) is 27.9 Å². The number of nitrogens with zero attached hydrogens (tertiary/aromatic N) is 1. The average molecular weight is 605 g/mol. The van der Waals surface area contributed by atoms with E-state index in [-0.39, 0.29) is 35.6 Å². The van der Waals surface area contributed by atoms with Gasteiger partial charge in [-0.15, -0.1) is 0 Å². The molecule has 5 rings (SSSR count). The molecule has 1 heterocycles. The molecular weight excluding hydrogens is 573 g/mol. The Bertz CT molecular complexity index is 1580. The third-order valence-electron chi connectivity index (χ3n) is 7.82. The van der Waals surface area contributed by atoms with Crippen LogP contribution in [0.2, 0.25) is 10.0 Å². The van der Waals surface area contributed by atoms with Crippen LogP contribution in [0.5, 0.6) is 0 Å². The van der Waals surface area contributed by atoms with Gasteiger partial charge in [0.25, 0.3) is 5.91 Å². The molecule has 0 saturated heterocycles. The number of hydrogen-bond acceptors (Lipinski definition) is 6. The summed E-state index contributed by atoms with van der Waals surface area (Å²) < 4.78 is 32.2. The van der Waals surface area contributed by atoms with Crippen LogP contribution in [0.1, 0.15) is 59.3 Å². The van der Waals surface area contributed by atoms with Gasteiger partial charge in [-0.2, -0.15) is 0 Å². The van der Waals surface area contributed by atoms with Crippen LogP contribution in [-0.2, 0) is 32.4 Å². The molecule has 3 aromatic carbocycles. The van der Waals surface area contributed by atoms with Crippen LogP contribution in [0.25, 0.3) is 0 Å². The Morgan fingerprint density at radius 2 is 1.65 bits per heavy atom. The molecule has 1 atom stereocenters. The highest BCUT2D eigenvalue weighted by Gasteiger charge is 2.55. The second-order valence-corrected chi connectivity index (χ2v) is 14.2. The van der Waals surface area contributed by atoms with E-state index in [2.05, 4.69) is 0 Å². The number of hydrogen-bond donors (Lipinski definition) is 2. The van der Waals surface area contributed by atoms with Gasteiger partial charge in [-0.05, 0) is 68.1 Å². The number of sulfone groups is 1. The van der Waals surface area contributed by atoms with Crippen LogP contribution >= 0.6 is 23.2 Å². The minimum atomic E-state index is -3.69. The normalized spacial score (nSPS) is 20.1. The smallest absolute Gasteiger partial charge is 0.257 e. The monoisotopic (exact) mass is 603 g/mol. The third kappa shape index (κ3) is 5.17. The van der Waals surface area contributed by atoms with E-state index in [0.717, 1.165) is 19.1 Å². The first-order chi connectivity index (χ1) is 18.7. The summed E-state index contributed by atoms with van der Waals surface area (Å²) >= 11 is 12.4. The summed E-state index contributed by atoms with van der Waals surface area (Å²) in [6.07, 6.45) is 2.67. The zero-order chi connectivity index (χ0) is 29.1. The summed E-state index contributed by atoms with van der Waals surface area (Å²) in [7, 11) is -3.69. The topological polar surface area (TPSA) is 104 Å². The Morgan fingerprint density at radius 3 is 2.23 bits per heavy atom. The standard InChI is InChI=1S/C30H31Cl2NO6S/c1-28(2,36)21-7-11-25-24(14-21)27(35)33(16-19-4-8-23(32)15-26(19)40(3,37)38)30(25,20-5-9-22(31)10-6-20)39-18-29(17-34)12-13-29/h4-11,14-15,34,36H,12-13,16-18H2,1-3H3/t30-/m1/s1. The molecule has 0 radical (unpaired) electrons. The van der Waals surface area contributed by atoms with E-state index in [1.165, 1.54) is 11.0 Å². The molecule has 7 nitrogen and oxygen atoms in total. The SMILES string of the molecule is CC(C)(O)c1ccc2c(c1)C(=O)N(Cc1ccc(Cl)cc1S(C)(=O)=O)[C@@]2(OCC1(CO)CC1)c1ccc(Cl)cc1. The van der Waals surface area contributed by atoms with Crippen molar-refractivity contribution in [3.63, 3.8) is 0 Å². The number of carbonyl (C=O) groups excluding carboxylic acids is 1. The van der Waals surface area contributed by atoms with Crippen LogP contribution < -0.4 is 0 Å². The van der Waals surface area contributed by atoms with E-state index < -0.39 is 26.6 Å². The van der Waals surface area contributed by atoms with Gasteiger partial charge in [-0.25, -0.2) is 8.42 Å². The quantitative estimate of drug-likeness (QED) is 0.345. The number of halogens is 2. The van der Waals surface area contributed by atoms with Crippen molar-refractivity contribution in [2.75, 3.05) is 19.5 Å². The number of aliphatic hydroxyl groups excluding tert-OH is 1. The summed E-state index contributed by atoms with van der Waals surface area (Å²) in [6, 6.07) is 16.7. The van der Waals surface area contributed by atoms with Crippen molar-refractivity contribution >= 4 is 38.9 Å². The molecule has 1 amide bonds. The minimum Gasteiger partial charge on any atom is -0.396 e. The van der Waals surface area contributed by atoms with E-state index >= 15 is 0 Å². The van der Waals surface area contributed by atoms with Crippen LogP contribution in [0, 0.1) is 5.41 Å². The number of ether oxygens (including phenoxy) is 1. The molecule has 1 fully saturated rings. The molecule has 0 bridgehead atoms. The lowest BCUT2D eigenvalue weighted by molar-refractivity contribution is -0.129. The van der Waals surface area contributed by atoms with Gasteiger partial charge in [-0.1, -0.05) is 53.5 Å². The van der Waals surface area contributed by atoms with Crippen LogP contribution in [0.4, 0.5) is 0 Å². The van der Waals surface area contributed by atoms with Crippen molar-refractivity contribution in [3.05, 3.63) is 98.5 Å². The number of benzene rings is 3. The Kier molecular flexibility index (Phi) is 7.35. The van der Waals surface area contributed by atoms with Crippen LogP contribution in [-0.4, -0.2) is 48.9 Å². The maximum atomic E-state index is 14.3. The number of carbonyl (C=O) groups is 1. The average Bonchev–Trinajstić information content (AvgIpc) is 3.64. The predicted octanol–water partition coefficient (Wildman–Crippen LogP) is 5.27. The van der Waals surface area contributed by atoms with E-state index in [1.54, 1.807) is 68.4 Å². The highest BCUT2D eigenvalue weighted by Crippen LogP contribution is 2.52. The van der Waals surface area contributed by atoms with Gasteiger partial charge in [0.2, 0.25) is 0 Å². The second kappa shape index (κ2) is 10.1. The molecule has 40 heavy (non-hydrogen) atoms. The predicted molar refractivity (Wildman–Crippen MR) is 153 cm³/mol. The summed E-state index contributed by atoms with van der Waals surface area (Å²) in [6.45, 7) is 3.28. The molecular formula is C30H31Cl2NO6S. The number of aliphatic hydroxyl groups is 2. The van der Waals surface area contributed by atoms with Crippen molar-refractivity contribution in [1.82, 2.24) is 4.90 Å². The van der Waals surface area contributed by atoms with Crippen molar-refractivity contribution < 1.29 is 28.2 Å². The first kappa shape index (κ1) is 29.0. The van der Waals surface area contributed by atoms with E-state index in [9.17, 15) is 23.4 Å². The van der Waals surface area contributed by atoms with E-state index in [0.29, 0.717) is 32.8 Å². The molecule has 10 heteroatoms. The fourth-order valence-electron chi connectivity index (χ4n) is 5.20. The highest BCUT2D eigenvalue weighted by molar-refractivity contribution is 7.90. The lowest BCUT2D eigenvalue weighted by Gasteiger charge is -2.40. The molecule has 212 valence electrons. The summed E-state index contributed by atoms with van der Waals surface area (Å²) in [5, 5.41) is 21.5. The van der Waals surface area contributed by atoms with Gasteiger partial charge >= 0.3 is 0 Å². The van der Waals surface area contributed by atoms with Gasteiger partial charge in [0.05, 0.1) is 30.3 Å². The fourth-order valence-corrected chi connectivity index (χ4v) is 6.51. The van der Waals surface area contributed by atoms with Gasteiger partial charge in [0, 0.05) is 38.4 Å². The van der Waals surface area contributed by atoms with Crippen molar-refractivity contribution in [2.24, 2.45) is 5.41 Å². The molecule has 1 aliphatic carbocycles. The second-order valence-electron chi connectivity index (χ2n) is 11.3. The Hall–Kier alpha value is -2.46. The first-order valence-corrected chi connectivity index (χ1v) is 15.5. The summed E-state index contributed by atoms with van der Waals surface area (Å²) in [4.78, 5) is 15.8. The molecule has 0 spiro atoms. The molecule has 2 N–H and O–H groups in total. The minimum absolute atomic E-state index is 0.0139. The number of rotatable bonds is 9. The fraction of sp³-hybridized carbons (Fsp3) is 0.367. The van der Waals surface area contributed by atoms with Crippen LogP contribution in [0.15, 0.2) is 65.6 Å². The largest absolute Gasteiger partial charge is 0.396 e. The first-order valence-electron chi connectivity index (χ1n) is 12.9. The zero-order valence-corrected chi connectivity index (χ0v) is 24.8. The van der Waals surface area contributed by atoms with Gasteiger partial charge in [-0.3, -0.25) is 9.69 Å². The third-order valence-corrected chi connectivity index (χ3v) is 9.49. The molecule has 0 aromatic heterocycles. The van der Waals surface area contributed by atoms with Crippen molar-refractivity contribution in [3.8, 4) is 0 Å². The Labute approximate surface area is 244 Å². The van der Waals surface area contributed by atoms with E-state index in [1.807, 2.05) is 0 Å². The summed E-state index contributed by atoms with van der Waals surface area (Å²) in [5.74, 6) is -0.390. The molecule has 2 aliphatic rings. The maximum Gasteiger partial charge on any atom is 0.257 e. The van der Waals surface area contributed by atoms with Crippen molar-refractivity contribution in [1.29, 1.82) is 0 Å². The maximum absolute atomic E-state index is 14.3. The van der Waals surface area contributed by atoms with Crippen molar-refractivity contribution in [2.45, 2.75) is 49.5 Å². The van der Waals surface area contributed by atoms with Gasteiger partial charge in [0.1, 0.15) is 0 Å². The molecule has 3 aromatic rings. The lowest BCUT2D eigenvalue weighted by atomic mass is 9.89. The highest BCUT2D eigenvalue weighted by atomic mass is 35.5. The molecule has 1 aliphatic heterocycles. The molecule has 0 unspecified atom stereocenters. The lowest BCUT2D eigenvalue weighted by Crippen LogP contribution is -2.47. The van der Waals surface area contributed by atoms with Crippen LogP contribution in [0.3, 0.4) is 0 Å². The zero-order valence-electron chi connectivity index (χ0n) is 22.4. The van der Waals surface area contributed by atoms with Gasteiger partial charge in [0.15, 0.2) is 15.6 Å². The Balaban J connectivity index is 1.75.